The Hall–Kier alpha value is -2.68. The second-order valence-electron chi connectivity index (χ2n) is 7.34. The van der Waals surface area contributed by atoms with Gasteiger partial charge in [-0.05, 0) is 48.7 Å². The number of hydrogen-bond acceptors (Lipinski definition) is 5. The molecular formula is C23H23NO5S2. The Morgan fingerprint density at radius 1 is 0.645 bits per heavy atom. The third-order valence-corrected chi connectivity index (χ3v) is 8.40. The van der Waals surface area contributed by atoms with Gasteiger partial charge in [0, 0.05) is 18.7 Å². The van der Waals surface area contributed by atoms with Gasteiger partial charge in [-0.2, -0.15) is 12.7 Å². The van der Waals surface area contributed by atoms with E-state index in [1.807, 2.05) is 36.4 Å². The highest BCUT2D eigenvalue weighted by molar-refractivity contribution is 7.89. The fraction of sp³-hybridized carbons (Fsp3) is 0.217. The van der Waals surface area contributed by atoms with Crippen LogP contribution in [0.1, 0.15) is 19.3 Å². The zero-order chi connectivity index (χ0) is 21.9. The standard InChI is InChI=1S/C23H23NO5S2/c25-30(26,24-17-7-2-8-18-24)20-13-15-21(16-14-20)31(27,28)29-23-12-6-5-11-22(23)19-9-3-1-4-10-19/h1,3-6,9-16H,2,7-8,17-18H2. The molecule has 3 aromatic carbocycles. The van der Waals surface area contributed by atoms with Gasteiger partial charge in [0.25, 0.3) is 0 Å². The van der Waals surface area contributed by atoms with Crippen LogP contribution >= 0.6 is 0 Å². The molecule has 0 saturated carbocycles. The topological polar surface area (TPSA) is 80.8 Å². The van der Waals surface area contributed by atoms with Crippen molar-refractivity contribution in [3.8, 4) is 16.9 Å². The Morgan fingerprint density at radius 2 is 1.23 bits per heavy atom. The predicted octanol–water partition coefficient (Wildman–Crippen LogP) is 4.30. The maximum atomic E-state index is 12.9. The number of rotatable bonds is 6. The predicted molar refractivity (Wildman–Crippen MR) is 119 cm³/mol. The van der Waals surface area contributed by atoms with E-state index in [4.69, 9.17) is 4.18 Å². The van der Waals surface area contributed by atoms with E-state index in [1.165, 1.54) is 28.6 Å². The molecular weight excluding hydrogens is 434 g/mol. The smallest absolute Gasteiger partial charge is 0.339 e. The van der Waals surface area contributed by atoms with Crippen molar-refractivity contribution in [1.29, 1.82) is 0 Å². The Labute approximate surface area is 183 Å². The van der Waals surface area contributed by atoms with Gasteiger partial charge in [0.15, 0.2) is 5.75 Å². The Balaban J connectivity index is 1.59. The molecule has 31 heavy (non-hydrogen) atoms. The molecule has 6 nitrogen and oxygen atoms in total. The molecule has 8 heteroatoms. The van der Waals surface area contributed by atoms with Crippen LogP contribution in [0.5, 0.6) is 5.75 Å². The highest BCUT2D eigenvalue weighted by Crippen LogP contribution is 2.32. The van der Waals surface area contributed by atoms with Crippen molar-refractivity contribution >= 4 is 20.1 Å². The van der Waals surface area contributed by atoms with Crippen LogP contribution < -0.4 is 4.18 Å². The van der Waals surface area contributed by atoms with Crippen LogP contribution in [0.2, 0.25) is 0 Å². The Kier molecular flexibility index (Phi) is 6.13. The van der Waals surface area contributed by atoms with Gasteiger partial charge in [-0.3, -0.25) is 0 Å². The second-order valence-corrected chi connectivity index (χ2v) is 10.8. The molecule has 0 amide bonds. The summed E-state index contributed by atoms with van der Waals surface area (Å²) in [6.45, 7) is 0.976. The van der Waals surface area contributed by atoms with Crippen molar-refractivity contribution in [2.24, 2.45) is 0 Å². The summed E-state index contributed by atoms with van der Waals surface area (Å²) in [6.07, 6.45) is 2.69. The number of nitrogens with zero attached hydrogens (tertiary/aromatic N) is 1. The summed E-state index contributed by atoms with van der Waals surface area (Å²) in [6, 6.07) is 21.4. The summed E-state index contributed by atoms with van der Waals surface area (Å²) in [5.41, 5.74) is 1.48. The van der Waals surface area contributed by atoms with E-state index in [-0.39, 0.29) is 15.5 Å². The maximum absolute atomic E-state index is 12.9. The van der Waals surface area contributed by atoms with Gasteiger partial charge in [0.2, 0.25) is 10.0 Å². The van der Waals surface area contributed by atoms with Crippen molar-refractivity contribution in [2.75, 3.05) is 13.1 Å². The Bertz CT molecular complexity index is 1250. The van der Waals surface area contributed by atoms with Crippen LogP contribution in [0.3, 0.4) is 0 Å². The van der Waals surface area contributed by atoms with Gasteiger partial charge in [-0.25, -0.2) is 8.42 Å². The van der Waals surface area contributed by atoms with Crippen LogP contribution in [-0.4, -0.2) is 34.2 Å². The number of benzene rings is 3. The lowest BCUT2D eigenvalue weighted by molar-refractivity contribution is 0.346. The molecule has 0 unspecified atom stereocenters. The molecule has 1 saturated heterocycles. The fourth-order valence-corrected chi connectivity index (χ4v) is 6.06. The summed E-state index contributed by atoms with van der Waals surface area (Å²) in [7, 11) is -7.77. The molecule has 1 aliphatic rings. The molecule has 0 radical (unpaired) electrons. The van der Waals surface area contributed by atoms with Crippen LogP contribution in [-0.2, 0) is 20.1 Å². The van der Waals surface area contributed by atoms with E-state index in [0.29, 0.717) is 18.7 Å². The van der Waals surface area contributed by atoms with Crippen molar-refractivity contribution in [1.82, 2.24) is 4.31 Å². The highest BCUT2D eigenvalue weighted by atomic mass is 32.2. The molecule has 0 N–H and O–H groups in total. The van der Waals surface area contributed by atoms with Gasteiger partial charge < -0.3 is 4.18 Å². The number of sulfonamides is 1. The van der Waals surface area contributed by atoms with Gasteiger partial charge in [0.1, 0.15) is 4.90 Å². The quantitative estimate of drug-likeness (QED) is 0.516. The largest absolute Gasteiger partial charge is 0.378 e. The lowest BCUT2D eigenvalue weighted by Gasteiger charge is -2.25. The number of piperidine rings is 1. The van der Waals surface area contributed by atoms with Gasteiger partial charge in [-0.1, -0.05) is 55.0 Å². The van der Waals surface area contributed by atoms with Crippen LogP contribution in [0, 0.1) is 0 Å². The van der Waals surface area contributed by atoms with E-state index < -0.39 is 20.1 Å². The van der Waals surface area contributed by atoms with E-state index in [9.17, 15) is 16.8 Å². The molecule has 0 bridgehead atoms. The van der Waals surface area contributed by atoms with Crippen LogP contribution in [0.25, 0.3) is 11.1 Å². The number of para-hydroxylation sites is 1. The third kappa shape index (κ3) is 4.66. The molecule has 0 aliphatic carbocycles. The highest BCUT2D eigenvalue weighted by Gasteiger charge is 2.27. The van der Waals surface area contributed by atoms with E-state index in [0.717, 1.165) is 24.8 Å². The first-order chi connectivity index (χ1) is 14.9. The van der Waals surface area contributed by atoms with Gasteiger partial charge in [0.05, 0.1) is 4.90 Å². The molecule has 1 heterocycles. The lowest BCUT2D eigenvalue weighted by atomic mass is 10.1. The van der Waals surface area contributed by atoms with E-state index >= 15 is 0 Å². The van der Waals surface area contributed by atoms with Crippen molar-refractivity contribution < 1.29 is 21.0 Å². The maximum Gasteiger partial charge on any atom is 0.339 e. The molecule has 162 valence electrons. The first-order valence-electron chi connectivity index (χ1n) is 10.1. The SMILES string of the molecule is O=S(=O)(Oc1ccccc1-c1ccccc1)c1ccc(S(=O)(=O)N2CCCCC2)cc1. The molecule has 0 aromatic heterocycles. The minimum Gasteiger partial charge on any atom is -0.378 e. The zero-order valence-corrected chi connectivity index (χ0v) is 18.5. The summed E-state index contributed by atoms with van der Waals surface area (Å²) in [4.78, 5) is -0.0222. The minimum absolute atomic E-state index is 0.0815. The second kappa shape index (κ2) is 8.82. The third-order valence-electron chi connectivity index (χ3n) is 5.24. The lowest BCUT2D eigenvalue weighted by Crippen LogP contribution is -2.35. The molecule has 0 spiro atoms. The van der Waals surface area contributed by atoms with Crippen LogP contribution in [0.15, 0.2) is 88.7 Å². The summed E-state index contributed by atoms with van der Waals surface area (Å²) < 4.78 is 58.2. The summed E-state index contributed by atoms with van der Waals surface area (Å²) in [5, 5.41) is 0. The molecule has 4 rings (SSSR count). The molecule has 0 atom stereocenters. The van der Waals surface area contributed by atoms with Crippen LogP contribution in [0.4, 0.5) is 0 Å². The summed E-state index contributed by atoms with van der Waals surface area (Å²) in [5.74, 6) is 0.207. The Morgan fingerprint density at radius 3 is 1.90 bits per heavy atom. The molecule has 1 fully saturated rings. The van der Waals surface area contributed by atoms with Crippen molar-refractivity contribution in [3.05, 3.63) is 78.9 Å². The monoisotopic (exact) mass is 457 g/mol. The minimum atomic E-state index is -4.14. The normalized spacial score (nSPS) is 15.5. The first-order valence-corrected chi connectivity index (χ1v) is 12.9. The average molecular weight is 458 g/mol. The number of hydrogen-bond donors (Lipinski definition) is 0. The van der Waals surface area contributed by atoms with Gasteiger partial charge >= 0.3 is 10.1 Å². The molecule has 1 aliphatic heterocycles. The summed E-state index contributed by atoms with van der Waals surface area (Å²) >= 11 is 0. The van der Waals surface area contributed by atoms with Crippen molar-refractivity contribution in [3.63, 3.8) is 0 Å². The van der Waals surface area contributed by atoms with Crippen molar-refractivity contribution in [2.45, 2.75) is 29.1 Å². The molecule has 3 aromatic rings. The average Bonchev–Trinajstić information content (AvgIpc) is 2.80. The van der Waals surface area contributed by atoms with E-state index in [1.54, 1.807) is 18.2 Å². The van der Waals surface area contributed by atoms with Gasteiger partial charge in [-0.15, -0.1) is 0 Å². The van der Waals surface area contributed by atoms with E-state index in [2.05, 4.69) is 0 Å². The fourth-order valence-electron chi connectivity index (χ4n) is 3.59. The first kappa shape index (κ1) is 21.5. The zero-order valence-electron chi connectivity index (χ0n) is 16.8.